The van der Waals surface area contributed by atoms with Crippen LogP contribution in [-0.4, -0.2) is 19.0 Å². The Balaban J connectivity index is 2.56. The summed E-state index contributed by atoms with van der Waals surface area (Å²) in [5, 5.41) is 0. The Bertz CT molecular complexity index is 464. The number of hydrogen-bond acceptors (Lipinski definition) is 2. The highest BCUT2D eigenvalue weighted by atomic mass is 16.1. The number of carbonyl (C=O) groups excluding carboxylic acids is 1. The summed E-state index contributed by atoms with van der Waals surface area (Å²) in [5.41, 5.74) is 1.98. The van der Waals surface area contributed by atoms with Gasteiger partial charge < -0.3 is 0 Å². The van der Waals surface area contributed by atoms with Gasteiger partial charge in [-0.05, 0) is 30.4 Å². The Morgan fingerprint density at radius 3 is 2.78 bits per heavy atom. The smallest absolute Gasteiger partial charge is 0.148 e. The standard InChI is InChI=1S/C16H21NO/c1-3-13-8-4-5-9-14(13)16(12-17-2)11-7-6-10-15(16)18/h4-5,8-9,12H,3,6-7,10-11H2,1-2H3/t16-/m0/s1. The van der Waals surface area contributed by atoms with Crippen LogP contribution in [0.3, 0.4) is 0 Å². The fraction of sp³-hybridized carbons (Fsp3) is 0.500. The summed E-state index contributed by atoms with van der Waals surface area (Å²) in [7, 11) is 1.76. The fourth-order valence-electron chi connectivity index (χ4n) is 3.03. The Labute approximate surface area is 109 Å². The van der Waals surface area contributed by atoms with Crippen molar-refractivity contribution in [2.24, 2.45) is 4.99 Å². The van der Waals surface area contributed by atoms with Crippen LogP contribution >= 0.6 is 0 Å². The quantitative estimate of drug-likeness (QED) is 0.749. The van der Waals surface area contributed by atoms with Gasteiger partial charge in [-0.15, -0.1) is 0 Å². The number of rotatable bonds is 3. The molecule has 0 N–H and O–H groups in total. The van der Waals surface area contributed by atoms with Crippen molar-refractivity contribution in [3.63, 3.8) is 0 Å². The molecule has 0 radical (unpaired) electrons. The van der Waals surface area contributed by atoms with E-state index in [4.69, 9.17) is 0 Å². The lowest BCUT2D eigenvalue weighted by atomic mass is 9.68. The first-order valence-electron chi connectivity index (χ1n) is 6.79. The van der Waals surface area contributed by atoms with Crippen molar-refractivity contribution in [3.05, 3.63) is 35.4 Å². The average molecular weight is 243 g/mol. The van der Waals surface area contributed by atoms with Crippen LogP contribution in [0, 0.1) is 0 Å². The lowest BCUT2D eigenvalue weighted by Crippen LogP contribution is -2.41. The van der Waals surface area contributed by atoms with Gasteiger partial charge in [-0.3, -0.25) is 9.79 Å². The largest absolute Gasteiger partial charge is 0.299 e. The summed E-state index contributed by atoms with van der Waals surface area (Å²) >= 11 is 0. The SMILES string of the molecule is CCc1ccccc1[C@@]1(C=NC)CCCCC1=O. The van der Waals surface area contributed by atoms with Gasteiger partial charge in [0.15, 0.2) is 0 Å². The Kier molecular flexibility index (Phi) is 3.95. The predicted octanol–water partition coefficient (Wildman–Crippen LogP) is 3.33. The van der Waals surface area contributed by atoms with Gasteiger partial charge in [0, 0.05) is 19.7 Å². The number of carbonyl (C=O) groups is 1. The molecule has 1 aromatic rings. The van der Waals surface area contributed by atoms with Crippen molar-refractivity contribution in [1.29, 1.82) is 0 Å². The molecular formula is C16H21NO. The summed E-state index contributed by atoms with van der Waals surface area (Å²) in [4.78, 5) is 16.7. The Morgan fingerprint density at radius 2 is 2.11 bits per heavy atom. The van der Waals surface area contributed by atoms with E-state index in [9.17, 15) is 4.79 Å². The van der Waals surface area contributed by atoms with Gasteiger partial charge in [-0.25, -0.2) is 0 Å². The molecule has 1 saturated carbocycles. The molecule has 0 amide bonds. The van der Waals surface area contributed by atoms with Crippen LogP contribution in [0.5, 0.6) is 0 Å². The minimum Gasteiger partial charge on any atom is -0.299 e. The molecular weight excluding hydrogens is 222 g/mol. The molecule has 0 aromatic heterocycles. The highest BCUT2D eigenvalue weighted by molar-refractivity contribution is 6.06. The minimum absolute atomic E-state index is 0.334. The van der Waals surface area contributed by atoms with E-state index in [1.165, 1.54) is 11.1 Å². The van der Waals surface area contributed by atoms with Crippen LogP contribution in [0.25, 0.3) is 0 Å². The Hall–Kier alpha value is -1.44. The van der Waals surface area contributed by atoms with Crippen LogP contribution in [0.1, 0.15) is 43.7 Å². The molecule has 2 nitrogen and oxygen atoms in total. The van der Waals surface area contributed by atoms with E-state index >= 15 is 0 Å². The number of nitrogens with zero attached hydrogens (tertiary/aromatic N) is 1. The number of aliphatic imine (C=N–C) groups is 1. The zero-order valence-electron chi connectivity index (χ0n) is 11.3. The molecule has 1 atom stereocenters. The molecule has 0 unspecified atom stereocenters. The van der Waals surface area contributed by atoms with E-state index in [0.29, 0.717) is 12.2 Å². The second-order valence-corrected chi connectivity index (χ2v) is 5.00. The first-order chi connectivity index (χ1) is 8.74. The maximum atomic E-state index is 12.5. The first kappa shape index (κ1) is 13.0. The van der Waals surface area contributed by atoms with E-state index in [-0.39, 0.29) is 0 Å². The highest BCUT2D eigenvalue weighted by Crippen LogP contribution is 2.37. The molecule has 1 aliphatic carbocycles. The number of benzene rings is 1. The van der Waals surface area contributed by atoms with Crippen LogP contribution < -0.4 is 0 Å². The number of ketones is 1. The van der Waals surface area contributed by atoms with Gasteiger partial charge in [-0.1, -0.05) is 37.6 Å². The summed E-state index contributed by atoms with van der Waals surface area (Å²) in [5.74, 6) is 0.334. The number of hydrogen-bond donors (Lipinski definition) is 0. The maximum Gasteiger partial charge on any atom is 0.148 e. The zero-order valence-corrected chi connectivity index (χ0v) is 11.3. The first-order valence-corrected chi connectivity index (χ1v) is 6.79. The molecule has 0 bridgehead atoms. The Morgan fingerprint density at radius 1 is 1.33 bits per heavy atom. The van der Waals surface area contributed by atoms with Gasteiger partial charge in [0.2, 0.25) is 0 Å². The van der Waals surface area contributed by atoms with Gasteiger partial charge in [0.1, 0.15) is 5.78 Å². The molecule has 96 valence electrons. The molecule has 0 aliphatic heterocycles. The van der Waals surface area contributed by atoms with Crippen LogP contribution in [-0.2, 0) is 16.6 Å². The van der Waals surface area contributed by atoms with Gasteiger partial charge in [-0.2, -0.15) is 0 Å². The third-order valence-electron chi connectivity index (χ3n) is 3.95. The van der Waals surface area contributed by atoms with E-state index in [1.807, 2.05) is 18.3 Å². The van der Waals surface area contributed by atoms with Crippen LogP contribution in [0.15, 0.2) is 29.3 Å². The van der Waals surface area contributed by atoms with Gasteiger partial charge in [0.05, 0.1) is 5.41 Å². The fourth-order valence-corrected chi connectivity index (χ4v) is 3.03. The minimum atomic E-state index is -0.459. The van der Waals surface area contributed by atoms with Crippen molar-refractivity contribution in [2.75, 3.05) is 7.05 Å². The summed E-state index contributed by atoms with van der Waals surface area (Å²) < 4.78 is 0. The second-order valence-electron chi connectivity index (χ2n) is 5.00. The number of aryl methyl sites for hydroxylation is 1. The second kappa shape index (κ2) is 5.47. The molecule has 18 heavy (non-hydrogen) atoms. The normalized spacial score (nSPS) is 24.7. The molecule has 1 fully saturated rings. The molecule has 1 aliphatic rings. The van der Waals surface area contributed by atoms with Crippen molar-refractivity contribution >= 4 is 12.0 Å². The zero-order chi connectivity index (χ0) is 13.0. The average Bonchev–Trinajstić information content (AvgIpc) is 2.42. The summed E-state index contributed by atoms with van der Waals surface area (Å²) in [6, 6.07) is 8.31. The monoisotopic (exact) mass is 243 g/mol. The van der Waals surface area contributed by atoms with E-state index in [2.05, 4.69) is 24.0 Å². The lowest BCUT2D eigenvalue weighted by Gasteiger charge is -2.34. The van der Waals surface area contributed by atoms with Crippen LogP contribution in [0.2, 0.25) is 0 Å². The lowest BCUT2D eigenvalue weighted by molar-refractivity contribution is -0.123. The van der Waals surface area contributed by atoms with Crippen molar-refractivity contribution < 1.29 is 4.79 Å². The van der Waals surface area contributed by atoms with Crippen molar-refractivity contribution in [3.8, 4) is 0 Å². The highest BCUT2D eigenvalue weighted by Gasteiger charge is 2.40. The molecule has 0 saturated heterocycles. The summed E-state index contributed by atoms with van der Waals surface area (Å²) in [6.07, 6.45) is 6.55. The molecule has 1 aromatic carbocycles. The maximum absolute atomic E-state index is 12.5. The predicted molar refractivity (Wildman–Crippen MR) is 75.4 cm³/mol. The number of Topliss-reactive ketones (excluding diaryl/α,β-unsaturated/α-hetero) is 1. The molecule has 2 rings (SSSR count). The topological polar surface area (TPSA) is 29.4 Å². The third-order valence-corrected chi connectivity index (χ3v) is 3.95. The van der Waals surface area contributed by atoms with E-state index < -0.39 is 5.41 Å². The van der Waals surface area contributed by atoms with E-state index in [0.717, 1.165) is 25.7 Å². The van der Waals surface area contributed by atoms with Crippen molar-refractivity contribution in [1.82, 2.24) is 0 Å². The summed E-state index contributed by atoms with van der Waals surface area (Å²) in [6.45, 7) is 2.14. The van der Waals surface area contributed by atoms with E-state index in [1.54, 1.807) is 7.05 Å². The van der Waals surface area contributed by atoms with Gasteiger partial charge >= 0.3 is 0 Å². The molecule has 0 heterocycles. The van der Waals surface area contributed by atoms with Gasteiger partial charge in [0.25, 0.3) is 0 Å². The van der Waals surface area contributed by atoms with Crippen molar-refractivity contribution in [2.45, 2.75) is 44.4 Å². The molecule has 2 heteroatoms. The third kappa shape index (κ3) is 2.12. The molecule has 0 spiro atoms. The van der Waals surface area contributed by atoms with Crippen LogP contribution in [0.4, 0.5) is 0 Å².